The third-order valence-electron chi connectivity index (χ3n) is 4.30. The van der Waals surface area contributed by atoms with Gasteiger partial charge in [0.25, 0.3) is 0 Å². The standard InChI is InChI=1S/C18H27F3N4O2S/c1-2-22-17(24-15-9-11-25(13-15)14-18(19,20)21)23-10-6-12-28(26,27)16-7-4-3-5-8-16/h3-5,7-8,15H,2,6,9-14H2,1H3,(H2,22,23,24). The van der Waals surface area contributed by atoms with E-state index in [0.717, 1.165) is 0 Å². The van der Waals surface area contributed by atoms with Crippen molar-refractivity contribution in [1.82, 2.24) is 15.5 Å². The Kier molecular flexibility index (Phi) is 8.11. The molecule has 1 aromatic rings. The molecule has 0 amide bonds. The van der Waals surface area contributed by atoms with E-state index in [1.807, 2.05) is 6.92 Å². The van der Waals surface area contributed by atoms with Crippen molar-refractivity contribution in [3.8, 4) is 0 Å². The molecular formula is C18H27F3N4O2S. The Morgan fingerprint density at radius 3 is 2.64 bits per heavy atom. The van der Waals surface area contributed by atoms with Crippen molar-refractivity contribution in [3.05, 3.63) is 30.3 Å². The van der Waals surface area contributed by atoms with Gasteiger partial charge in [0.05, 0.1) is 17.2 Å². The van der Waals surface area contributed by atoms with Crippen LogP contribution in [0.2, 0.25) is 0 Å². The molecule has 1 aliphatic rings. The minimum atomic E-state index is -4.20. The summed E-state index contributed by atoms with van der Waals surface area (Å²) in [5.41, 5.74) is 0. The van der Waals surface area contributed by atoms with Gasteiger partial charge in [-0.25, -0.2) is 8.42 Å². The van der Waals surface area contributed by atoms with E-state index in [9.17, 15) is 21.6 Å². The molecule has 10 heteroatoms. The minimum absolute atomic E-state index is 0.0112. The van der Waals surface area contributed by atoms with Gasteiger partial charge in [0.2, 0.25) is 0 Å². The Morgan fingerprint density at radius 2 is 2.00 bits per heavy atom. The quantitative estimate of drug-likeness (QED) is 0.383. The van der Waals surface area contributed by atoms with E-state index in [2.05, 4.69) is 15.6 Å². The molecule has 1 heterocycles. The zero-order chi connectivity index (χ0) is 20.6. The predicted octanol–water partition coefficient (Wildman–Crippen LogP) is 2.04. The number of nitrogens with one attached hydrogen (secondary N) is 2. The van der Waals surface area contributed by atoms with Gasteiger partial charge in [-0.3, -0.25) is 9.89 Å². The fraction of sp³-hybridized carbons (Fsp3) is 0.611. The normalized spacial score (nSPS) is 19.0. The van der Waals surface area contributed by atoms with Gasteiger partial charge in [-0.2, -0.15) is 13.2 Å². The molecule has 1 saturated heterocycles. The van der Waals surface area contributed by atoms with Crippen molar-refractivity contribution < 1.29 is 21.6 Å². The van der Waals surface area contributed by atoms with Crippen molar-refractivity contribution in [2.75, 3.05) is 38.5 Å². The zero-order valence-corrected chi connectivity index (χ0v) is 16.7. The van der Waals surface area contributed by atoms with E-state index in [1.54, 1.807) is 30.3 Å². The van der Waals surface area contributed by atoms with Crippen LogP contribution in [-0.4, -0.2) is 70.0 Å². The molecule has 0 aromatic heterocycles. The van der Waals surface area contributed by atoms with Gasteiger partial charge >= 0.3 is 6.18 Å². The Balaban J connectivity index is 1.82. The molecular weight excluding hydrogens is 393 g/mol. The highest BCUT2D eigenvalue weighted by atomic mass is 32.2. The van der Waals surface area contributed by atoms with Crippen LogP contribution in [0, 0.1) is 0 Å². The summed E-state index contributed by atoms with van der Waals surface area (Å²) in [5.74, 6) is 0.487. The molecule has 0 saturated carbocycles. The summed E-state index contributed by atoms with van der Waals surface area (Å²) in [6.07, 6.45) is -3.24. The van der Waals surface area contributed by atoms with Crippen molar-refractivity contribution >= 4 is 15.8 Å². The fourth-order valence-corrected chi connectivity index (χ4v) is 4.37. The highest BCUT2D eigenvalue weighted by molar-refractivity contribution is 7.91. The molecule has 158 valence electrons. The number of aliphatic imine (C=N–C) groups is 1. The molecule has 1 atom stereocenters. The molecule has 1 unspecified atom stereocenters. The molecule has 0 bridgehead atoms. The van der Waals surface area contributed by atoms with Crippen LogP contribution < -0.4 is 10.6 Å². The number of halogens is 3. The molecule has 0 spiro atoms. The van der Waals surface area contributed by atoms with E-state index >= 15 is 0 Å². The summed E-state index contributed by atoms with van der Waals surface area (Å²) in [4.78, 5) is 6.02. The topological polar surface area (TPSA) is 73.8 Å². The van der Waals surface area contributed by atoms with Crippen LogP contribution in [-0.2, 0) is 9.84 Å². The van der Waals surface area contributed by atoms with Gasteiger partial charge in [0.1, 0.15) is 0 Å². The van der Waals surface area contributed by atoms with Gasteiger partial charge in [0, 0.05) is 32.2 Å². The van der Waals surface area contributed by atoms with Crippen LogP contribution in [0.1, 0.15) is 19.8 Å². The molecule has 28 heavy (non-hydrogen) atoms. The highest BCUT2D eigenvalue weighted by Crippen LogP contribution is 2.20. The lowest BCUT2D eigenvalue weighted by molar-refractivity contribution is -0.143. The summed E-state index contributed by atoms with van der Waals surface area (Å²) in [5, 5.41) is 6.19. The van der Waals surface area contributed by atoms with Crippen LogP contribution in [0.3, 0.4) is 0 Å². The number of nitrogens with zero attached hydrogens (tertiary/aromatic N) is 2. The van der Waals surface area contributed by atoms with Crippen molar-refractivity contribution in [2.45, 2.75) is 36.9 Å². The predicted molar refractivity (Wildman–Crippen MR) is 103 cm³/mol. The molecule has 2 rings (SSSR count). The second-order valence-electron chi connectivity index (χ2n) is 6.73. The van der Waals surface area contributed by atoms with E-state index in [4.69, 9.17) is 0 Å². The largest absolute Gasteiger partial charge is 0.401 e. The Bertz CT molecular complexity index is 739. The summed E-state index contributed by atoms with van der Waals surface area (Å²) in [7, 11) is -3.34. The third kappa shape index (κ3) is 7.67. The van der Waals surface area contributed by atoms with E-state index in [0.29, 0.717) is 49.9 Å². The highest BCUT2D eigenvalue weighted by Gasteiger charge is 2.34. The summed E-state index contributed by atoms with van der Waals surface area (Å²) >= 11 is 0. The number of hydrogen-bond acceptors (Lipinski definition) is 4. The molecule has 6 nitrogen and oxygen atoms in total. The van der Waals surface area contributed by atoms with E-state index < -0.39 is 22.6 Å². The molecule has 2 N–H and O–H groups in total. The lowest BCUT2D eigenvalue weighted by Crippen LogP contribution is -2.45. The average Bonchev–Trinajstić information content (AvgIpc) is 3.04. The van der Waals surface area contributed by atoms with E-state index in [1.165, 1.54) is 4.90 Å². The van der Waals surface area contributed by atoms with E-state index in [-0.39, 0.29) is 11.8 Å². The third-order valence-corrected chi connectivity index (χ3v) is 6.12. The van der Waals surface area contributed by atoms with Crippen molar-refractivity contribution in [2.24, 2.45) is 4.99 Å². The smallest absolute Gasteiger partial charge is 0.357 e. The molecule has 0 aliphatic carbocycles. The van der Waals surface area contributed by atoms with Crippen LogP contribution in [0.4, 0.5) is 13.2 Å². The average molecular weight is 421 g/mol. The Hall–Kier alpha value is -1.81. The number of likely N-dealkylation sites (tertiary alicyclic amines) is 1. The summed E-state index contributed by atoms with van der Waals surface area (Å²) < 4.78 is 62.0. The minimum Gasteiger partial charge on any atom is -0.357 e. The molecule has 0 radical (unpaired) electrons. The number of sulfone groups is 1. The maximum atomic E-state index is 12.5. The number of rotatable bonds is 8. The molecule has 1 fully saturated rings. The second-order valence-corrected chi connectivity index (χ2v) is 8.84. The number of benzene rings is 1. The molecule has 1 aliphatic heterocycles. The summed E-state index contributed by atoms with van der Waals surface area (Å²) in [6, 6.07) is 8.14. The van der Waals surface area contributed by atoms with Gasteiger partial charge in [-0.1, -0.05) is 18.2 Å². The first-order chi connectivity index (χ1) is 13.2. The second kappa shape index (κ2) is 10.1. The summed E-state index contributed by atoms with van der Waals surface area (Å²) in [6.45, 7) is 2.57. The van der Waals surface area contributed by atoms with Crippen LogP contribution in [0.5, 0.6) is 0 Å². The first-order valence-corrected chi connectivity index (χ1v) is 11.0. The maximum absolute atomic E-state index is 12.5. The fourth-order valence-electron chi connectivity index (χ4n) is 3.05. The van der Waals surface area contributed by atoms with Gasteiger partial charge in [0.15, 0.2) is 15.8 Å². The first kappa shape index (κ1) is 22.5. The zero-order valence-electron chi connectivity index (χ0n) is 15.9. The van der Waals surface area contributed by atoms with Gasteiger partial charge < -0.3 is 10.6 Å². The van der Waals surface area contributed by atoms with Crippen LogP contribution in [0.25, 0.3) is 0 Å². The van der Waals surface area contributed by atoms with Crippen molar-refractivity contribution in [1.29, 1.82) is 0 Å². The Labute approximate surface area is 164 Å². The van der Waals surface area contributed by atoms with Crippen molar-refractivity contribution in [3.63, 3.8) is 0 Å². The first-order valence-electron chi connectivity index (χ1n) is 9.31. The molecule has 1 aromatic carbocycles. The SMILES string of the molecule is CCNC(=NCCCS(=O)(=O)c1ccccc1)NC1CCN(CC(F)(F)F)C1. The van der Waals surface area contributed by atoms with Crippen LogP contribution in [0.15, 0.2) is 40.2 Å². The lowest BCUT2D eigenvalue weighted by atomic mass is 10.3. The van der Waals surface area contributed by atoms with Crippen LogP contribution >= 0.6 is 0 Å². The van der Waals surface area contributed by atoms with Gasteiger partial charge in [-0.05, 0) is 31.9 Å². The number of alkyl halides is 3. The Morgan fingerprint density at radius 1 is 1.29 bits per heavy atom. The number of guanidine groups is 1. The number of hydrogen-bond donors (Lipinski definition) is 2. The monoisotopic (exact) mass is 420 g/mol. The lowest BCUT2D eigenvalue weighted by Gasteiger charge is -2.19. The maximum Gasteiger partial charge on any atom is 0.401 e. The van der Waals surface area contributed by atoms with Gasteiger partial charge in [-0.15, -0.1) is 0 Å².